The van der Waals surface area contributed by atoms with E-state index in [2.05, 4.69) is 25.5 Å². The van der Waals surface area contributed by atoms with E-state index in [0.29, 0.717) is 29.8 Å². The minimum absolute atomic E-state index is 0.00857. The second kappa shape index (κ2) is 10.4. The first-order valence-corrected chi connectivity index (χ1v) is 12.1. The fraction of sp³-hybridized carbons (Fsp3) is 0.269. The van der Waals surface area contributed by atoms with Gasteiger partial charge in [0.15, 0.2) is 5.58 Å². The van der Waals surface area contributed by atoms with Gasteiger partial charge in [0, 0.05) is 54.8 Å². The zero-order valence-corrected chi connectivity index (χ0v) is 20.3. The van der Waals surface area contributed by atoms with Crippen molar-refractivity contribution >= 4 is 11.1 Å². The standard InChI is InChI=1S/C26H21F3N6O4/c27-20-9-21-22(8-19(20)14-1-3-16(31-10-14)7-18-12-30-5-6-37-18)38-26(36)35(21)13-17-4-2-15(11-32-17)24-33-34-25(39-24)23(28)29/h1-4,8-11,18,23,30H,5-7,12-13H2. The van der Waals surface area contributed by atoms with Gasteiger partial charge < -0.3 is 18.9 Å². The fourth-order valence-electron chi connectivity index (χ4n) is 4.39. The third kappa shape index (κ3) is 5.18. The van der Waals surface area contributed by atoms with E-state index in [1.807, 2.05) is 6.07 Å². The highest BCUT2D eigenvalue weighted by molar-refractivity contribution is 5.81. The molecule has 200 valence electrons. The summed E-state index contributed by atoms with van der Waals surface area (Å²) in [6.45, 7) is 2.24. The van der Waals surface area contributed by atoms with Crippen LogP contribution < -0.4 is 11.1 Å². The van der Waals surface area contributed by atoms with Gasteiger partial charge in [-0.15, -0.1) is 10.2 Å². The molecule has 1 aliphatic heterocycles. The number of nitrogens with zero attached hydrogens (tertiary/aromatic N) is 5. The predicted octanol–water partition coefficient (Wildman–Crippen LogP) is 3.76. The summed E-state index contributed by atoms with van der Waals surface area (Å²) in [5, 5.41) is 10.1. The molecule has 1 atom stereocenters. The van der Waals surface area contributed by atoms with Crippen LogP contribution in [0.2, 0.25) is 0 Å². The summed E-state index contributed by atoms with van der Waals surface area (Å²) in [5.74, 6) is -2.11. The SMILES string of the molecule is O=c1oc2cc(-c3ccc(CC4CNCCO4)nc3)c(F)cc2n1Cc1ccc(-c2nnc(C(F)F)o2)cn1. The van der Waals surface area contributed by atoms with Gasteiger partial charge in [-0.3, -0.25) is 14.5 Å². The molecule has 0 spiro atoms. The lowest BCUT2D eigenvalue weighted by Crippen LogP contribution is -2.39. The average molecular weight is 538 g/mol. The molecule has 5 aromatic rings. The Balaban J connectivity index is 1.22. The molecule has 0 radical (unpaired) electrons. The smallest absolute Gasteiger partial charge is 0.415 e. The quantitative estimate of drug-likeness (QED) is 0.330. The van der Waals surface area contributed by atoms with Crippen LogP contribution in [0.4, 0.5) is 13.2 Å². The van der Waals surface area contributed by atoms with Crippen LogP contribution in [0.1, 0.15) is 23.7 Å². The average Bonchev–Trinajstić information content (AvgIpc) is 3.55. The molecule has 1 fully saturated rings. The highest BCUT2D eigenvalue weighted by Gasteiger charge is 2.19. The van der Waals surface area contributed by atoms with E-state index in [1.54, 1.807) is 24.4 Å². The number of aromatic nitrogens is 5. The van der Waals surface area contributed by atoms with Crippen molar-refractivity contribution in [1.29, 1.82) is 0 Å². The van der Waals surface area contributed by atoms with Gasteiger partial charge in [-0.05, 0) is 24.3 Å². The van der Waals surface area contributed by atoms with Crippen LogP contribution in [-0.2, 0) is 17.7 Å². The Labute approximate surface area is 218 Å². The first kappa shape index (κ1) is 24.9. The molecule has 1 saturated heterocycles. The van der Waals surface area contributed by atoms with Crippen LogP contribution >= 0.6 is 0 Å². The maximum atomic E-state index is 15.2. The van der Waals surface area contributed by atoms with Gasteiger partial charge in [-0.2, -0.15) is 8.78 Å². The Morgan fingerprint density at radius 3 is 2.51 bits per heavy atom. The van der Waals surface area contributed by atoms with E-state index in [4.69, 9.17) is 13.6 Å². The molecule has 1 aliphatic rings. The second-order valence-corrected chi connectivity index (χ2v) is 8.98. The Morgan fingerprint density at radius 1 is 1.03 bits per heavy atom. The van der Waals surface area contributed by atoms with Gasteiger partial charge in [0.1, 0.15) is 5.82 Å². The van der Waals surface area contributed by atoms with Crippen molar-refractivity contribution in [3.05, 3.63) is 82.4 Å². The Kier molecular flexibility index (Phi) is 6.67. The molecule has 13 heteroatoms. The number of fused-ring (bicyclic) bond motifs is 1. The highest BCUT2D eigenvalue weighted by atomic mass is 19.3. The normalized spacial score (nSPS) is 15.8. The zero-order valence-electron chi connectivity index (χ0n) is 20.3. The van der Waals surface area contributed by atoms with Gasteiger partial charge in [-0.25, -0.2) is 9.18 Å². The summed E-state index contributed by atoms with van der Waals surface area (Å²) in [6, 6.07) is 9.43. The first-order chi connectivity index (χ1) is 18.9. The molecule has 6 rings (SSSR count). The molecule has 4 aromatic heterocycles. The molecule has 5 heterocycles. The number of alkyl halides is 2. The van der Waals surface area contributed by atoms with Crippen molar-refractivity contribution < 1.29 is 26.7 Å². The minimum atomic E-state index is -2.88. The van der Waals surface area contributed by atoms with E-state index in [9.17, 15) is 13.6 Å². The number of pyridine rings is 2. The lowest BCUT2D eigenvalue weighted by Gasteiger charge is -2.23. The van der Waals surface area contributed by atoms with Gasteiger partial charge in [0.05, 0.1) is 36.0 Å². The summed E-state index contributed by atoms with van der Waals surface area (Å²) in [7, 11) is 0. The molecule has 0 saturated carbocycles. The maximum Gasteiger partial charge on any atom is 0.420 e. The molecule has 0 bridgehead atoms. The van der Waals surface area contributed by atoms with Crippen LogP contribution in [0.5, 0.6) is 0 Å². The number of oxazole rings is 1. The Morgan fingerprint density at radius 2 is 1.82 bits per heavy atom. The molecular weight excluding hydrogens is 517 g/mol. The molecule has 0 aliphatic carbocycles. The van der Waals surface area contributed by atoms with Gasteiger partial charge in [-0.1, -0.05) is 6.07 Å². The van der Waals surface area contributed by atoms with Crippen molar-refractivity contribution in [2.75, 3.05) is 19.7 Å². The largest absolute Gasteiger partial charge is 0.420 e. The predicted molar refractivity (Wildman–Crippen MR) is 132 cm³/mol. The van der Waals surface area contributed by atoms with Crippen molar-refractivity contribution in [1.82, 2.24) is 30.0 Å². The number of hydrogen-bond donors (Lipinski definition) is 1. The van der Waals surface area contributed by atoms with Crippen LogP contribution in [0.15, 0.2) is 62.4 Å². The molecule has 0 amide bonds. The van der Waals surface area contributed by atoms with Crippen molar-refractivity contribution in [3.63, 3.8) is 0 Å². The summed E-state index contributed by atoms with van der Waals surface area (Å²) in [6.07, 6.45) is 0.757. The summed E-state index contributed by atoms with van der Waals surface area (Å²) < 4.78 is 57.9. The van der Waals surface area contributed by atoms with Crippen LogP contribution in [0.3, 0.4) is 0 Å². The number of nitrogens with one attached hydrogen (secondary N) is 1. The van der Waals surface area contributed by atoms with Crippen molar-refractivity contribution in [2.45, 2.75) is 25.5 Å². The lowest BCUT2D eigenvalue weighted by atomic mass is 10.0. The van der Waals surface area contributed by atoms with Crippen LogP contribution in [0.25, 0.3) is 33.7 Å². The monoisotopic (exact) mass is 538 g/mol. The number of benzene rings is 1. The van der Waals surface area contributed by atoms with Gasteiger partial charge in [0.25, 0.3) is 5.89 Å². The van der Waals surface area contributed by atoms with Crippen molar-refractivity contribution in [3.8, 4) is 22.6 Å². The van der Waals surface area contributed by atoms with Crippen molar-refractivity contribution in [2.24, 2.45) is 0 Å². The molecule has 1 aromatic carbocycles. The number of halogens is 3. The van der Waals surface area contributed by atoms with Crippen LogP contribution in [-0.4, -0.2) is 50.5 Å². The number of hydrogen-bond acceptors (Lipinski definition) is 9. The second-order valence-electron chi connectivity index (χ2n) is 8.98. The van der Waals surface area contributed by atoms with Gasteiger partial charge in [0.2, 0.25) is 5.89 Å². The maximum absolute atomic E-state index is 15.2. The Hall–Kier alpha value is -4.36. The fourth-order valence-corrected chi connectivity index (χ4v) is 4.39. The van der Waals surface area contributed by atoms with E-state index < -0.39 is 23.9 Å². The summed E-state index contributed by atoms with van der Waals surface area (Å²) >= 11 is 0. The summed E-state index contributed by atoms with van der Waals surface area (Å²) in [5.41, 5.74) is 2.88. The number of rotatable bonds is 7. The Bertz CT molecular complexity index is 1660. The third-order valence-electron chi connectivity index (χ3n) is 6.35. The van der Waals surface area contributed by atoms with E-state index in [0.717, 1.165) is 18.8 Å². The molecule has 10 nitrogen and oxygen atoms in total. The highest BCUT2D eigenvalue weighted by Crippen LogP contribution is 2.28. The zero-order chi connectivity index (χ0) is 26.9. The number of morpholine rings is 1. The van der Waals surface area contributed by atoms with Gasteiger partial charge >= 0.3 is 12.2 Å². The minimum Gasteiger partial charge on any atom is -0.415 e. The topological polar surface area (TPSA) is 121 Å². The number of ether oxygens (including phenoxy) is 1. The van der Waals surface area contributed by atoms with E-state index in [-0.39, 0.29) is 35.2 Å². The third-order valence-corrected chi connectivity index (χ3v) is 6.35. The summed E-state index contributed by atoms with van der Waals surface area (Å²) in [4.78, 5) is 21.3. The molecular formula is C26H21F3N6O4. The first-order valence-electron chi connectivity index (χ1n) is 12.1. The lowest BCUT2D eigenvalue weighted by molar-refractivity contribution is 0.0287. The van der Waals surface area contributed by atoms with Crippen LogP contribution in [0, 0.1) is 5.82 Å². The molecule has 39 heavy (non-hydrogen) atoms. The van der Waals surface area contributed by atoms with E-state index in [1.165, 1.54) is 22.9 Å². The molecule has 1 N–H and O–H groups in total. The molecule has 1 unspecified atom stereocenters. The van der Waals surface area contributed by atoms with E-state index >= 15 is 4.39 Å².